The van der Waals surface area contributed by atoms with E-state index >= 15 is 0 Å². The lowest BCUT2D eigenvalue weighted by Crippen LogP contribution is -2.06. The molecule has 3 rings (SSSR count). The van der Waals surface area contributed by atoms with Gasteiger partial charge in [0.05, 0.1) is 16.8 Å². The van der Waals surface area contributed by atoms with Crippen molar-refractivity contribution in [2.45, 2.75) is 4.90 Å². The molecule has 0 saturated heterocycles. The number of anilines is 5. The number of rotatable bonds is 5. The Bertz CT molecular complexity index is 1050. The van der Waals surface area contributed by atoms with Crippen LogP contribution in [0.4, 0.5) is 50.8 Å². The molecule has 0 aliphatic heterocycles. The summed E-state index contributed by atoms with van der Waals surface area (Å²) in [5, 5.41) is 5.30. The summed E-state index contributed by atoms with van der Waals surface area (Å²) in [4.78, 5) is 7.02. The molecule has 0 aliphatic carbocycles. The number of nitrogens with one attached hydrogen (secondary N) is 2. The topological polar surface area (TPSA) is 75.9 Å². The van der Waals surface area contributed by atoms with Crippen LogP contribution in [0, 0.1) is 29.1 Å². The maximum atomic E-state index is 14.2. The first-order valence-corrected chi connectivity index (χ1v) is 8.86. The average Bonchev–Trinajstić information content (AvgIpc) is 2.68. The molecule has 0 amide bonds. The lowest BCUT2D eigenvalue weighted by atomic mass is 10.2. The molecule has 0 atom stereocenters. The summed E-state index contributed by atoms with van der Waals surface area (Å²) < 4.78 is 68.3. The highest BCUT2D eigenvalue weighted by molar-refractivity contribution is 7.98. The molecule has 28 heavy (non-hydrogen) atoms. The highest BCUT2D eigenvalue weighted by Gasteiger charge is 2.25. The van der Waals surface area contributed by atoms with Gasteiger partial charge in [-0.15, -0.1) is 11.8 Å². The Morgan fingerprint density at radius 2 is 1.57 bits per heavy atom. The van der Waals surface area contributed by atoms with Crippen molar-refractivity contribution < 1.29 is 22.0 Å². The van der Waals surface area contributed by atoms with Gasteiger partial charge >= 0.3 is 0 Å². The second-order valence-electron chi connectivity index (χ2n) is 5.42. The predicted octanol–water partition coefficient (Wildman–Crippen LogP) is 4.96. The summed E-state index contributed by atoms with van der Waals surface area (Å²) in [7, 11) is 0. The molecule has 146 valence electrons. The van der Waals surface area contributed by atoms with Crippen molar-refractivity contribution in [2.75, 3.05) is 22.6 Å². The fraction of sp³-hybridized carbons (Fsp3) is 0.0588. The number of nitrogens with zero attached hydrogens (tertiary/aromatic N) is 2. The van der Waals surface area contributed by atoms with Gasteiger partial charge in [0.2, 0.25) is 5.95 Å². The fourth-order valence-corrected chi connectivity index (χ4v) is 2.92. The molecule has 4 N–H and O–H groups in total. The molecule has 5 nitrogen and oxygen atoms in total. The van der Waals surface area contributed by atoms with Crippen molar-refractivity contribution in [1.82, 2.24) is 9.97 Å². The maximum Gasteiger partial charge on any atom is 0.229 e. The molecule has 0 unspecified atom stereocenters. The average molecular weight is 413 g/mol. The number of nitrogen functional groups attached to an aromatic ring is 1. The van der Waals surface area contributed by atoms with Crippen molar-refractivity contribution in [1.29, 1.82) is 0 Å². The molecule has 2 aromatic carbocycles. The van der Waals surface area contributed by atoms with E-state index in [4.69, 9.17) is 5.73 Å². The van der Waals surface area contributed by atoms with Crippen molar-refractivity contribution in [2.24, 2.45) is 0 Å². The number of aromatic nitrogens is 2. The first-order valence-electron chi connectivity index (χ1n) is 7.64. The Balaban J connectivity index is 1.92. The quantitative estimate of drug-likeness (QED) is 0.238. The zero-order chi connectivity index (χ0) is 20.4. The minimum absolute atomic E-state index is 0.00547. The van der Waals surface area contributed by atoms with Gasteiger partial charge in [-0.1, -0.05) is 6.07 Å². The predicted molar refractivity (Wildman–Crippen MR) is 97.5 cm³/mol. The second kappa shape index (κ2) is 7.89. The molecule has 1 aromatic heterocycles. The van der Waals surface area contributed by atoms with Crippen LogP contribution in [-0.2, 0) is 0 Å². The normalized spacial score (nSPS) is 10.8. The van der Waals surface area contributed by atoms with Gasteiger partial charge in [-0.3, -0.25) is 0 Å². The van der Waals surface area contributed by atoms with Crippen molar-refractivity contribution in [3.63, 3.8) is 0 Å². The molecule has 0 radical (unpaired) electrons. The Morgan fingerprint density at radius 3 is 2.21 bits per heavy atom. The third kappa shape index (κ3) is 3.79. The van der Waals surface area contributed by atoms with Crippen molar-refractivity contribution in [3.8, 4) is 0 Å². The zero-order valence-corrected chi connectivity index (χ0v) is 15.0. The summed E-state index contributed by atoms with van der Waals surface area (Å²) in [6.45, 7) is 0. The monoisotopic (exact) mass is 413 g/mol. The third-order valence-corrected chi connectivity index (χ3v) is 4.38. The first-order chi connectivity index (χ1) is 13.3. The Hall–Kier alpha value is -3.08. The van der Waals surface area contributed by atoms with Crippen molar-refractivity contribution >= 4 is 40.6 Å². The third-order valence-electron chi connectivity index (χ3n) is 3.59. The van der Waals surface area contributed by atoms with Crippen LogP contribution in [-0.4, -0.2) is 16.2 Å². The van der Waals surface area contributed by atoms with Crippen LogP contribution in [0.5, 0.6) is 0 Å². The smallest absolute Gasteiger partial charge is 0.229 e. The van der Waals surface area contributed by atoms with Crippen molar-refractivity contribution in [3.05, 3.63) is 59.5 Å². The van der Waals surface area contributed by atoms with Gasteiger partial charge in [0.1, 0.15) is 0 Å². The largest absolute Gasteiger partial charge is 0.381 e. The molecule has 1 heterocycles. The number of hydrogen-bond donors (Lipinski definition) is 3. The summed E-state index contributed by atoms with van der Waals surface area (Å²) in [5.74, 6) is -7.95. The van der Waals surface area contributed by atoms with Gasteiger partial charge < -0.3 is 16.4 Å². The summed E-state index contributed by atoms with van der Waals surface area (Å²) >= 11 is 0.719. The van der Waals surface area contributed by atoms with Crippen LogP contribution in [0.3, 0.4) is 0 Å². The molecule has 11 heteroatoms. The second-order valence-corrected chi connectivity index (χ2v) is 6.24. The van der Waals surface area contributed by atoms with Gasteiger partial charge in [-0.05, 0) is 24.5 Å². The van der Waals surface area contributed by atoms with Crippen LogP contribution < -0.4 is 16.4 Å². The van der Waals surface area contributed by atoms with E-state index in [1.165, 1.54) is 18.4 Å². The van der Waals surface area contributed by atoms with Crippen LogP contribution in [0.15, 0.2) is 35.4 Å². The van der Waals surface area contributed by atoms with Gasteiger partial charge in [-0.2, -0.15) is 4.98 Å². The molecular formula is C17H12F5N5S. The summed E-state index contributed by atoms with van der Waals surface area (Å²) in [6.07, 6.45) is 2.28. The number of halogens is 5. The van der Waals surface area contributed by atoms with Crippen LogP contribution in [0.2, 0.25) is 0 Å². The molecule has 3 aromatic rings. The Morgan fingerprint density at radius 1 is 0.929 bits per heavy atom. The van der Waals surface area contributed by atoms with E-state index < -0.39 is 39.7 Å². The Kier molecular flexibility index (Phi) is 5.54. The minimum Gasteiger partial charge on any atom is -0.381 e. The molecule has 0 spiro atoms. The van der Waals surface area contributed by atoms with E-state index in [0.29, 0.717) is 5.69 Å². The van der Waals surface area contributed by atoms with E-state index in [0.717, 1.165) is 18.0 Å². The van der Waals surface area contributed by atoms with E-state index in [-0.39, 0.29) is 17.5 Å². The fourth-order valence-electron chi connectivity index (χ4n) is 2.30. The highest BCUT2D eigenvalue weighted by Crippen LogP contribution is 2.36. The van der Waals surface area contributed by atoms with Crippen LogP contribution in [0.25, 0.3) is 0 Å². The van der Waals surface area contributed by atoms with E-state index in [1.807, 2.05) is 0 Å². The summed E-state index contributed by atoms with van der Waals surface area (Å²) in [5.41, 5.74) is 5.46. The van der Waals surface area contributed by atoms with E-state index in [2.05, 4.69) is 20.6 Å². The lowest BCUT2D eigenvalue weighted by molar-refractivity contribution is 0.401. The van der Waals surface area contributed by atoms with Crippen LogP contribution in [0.1, 0.15) is 0 Å². The van der Waals surface area contributed by atoms with E-state index in [1.54, 1.807) is 12.1 Å². The summed E-state index contributed by atoms with van der Waals surface area (Å²) in [6, 6.07) is 6.08. The van der Waals surface area contributed by atoms with Gasteiger partial charge in [0, 0.05) is 11.4 Å². The Labute approximate surface area is 160 Å². The van der Waals surface area contributed by atoms with Crippen LogP contribution >= 0.6 is 11.8 Å². The van der Waals surface area contributed by atoms with Gasteiger partial charge in [-0.25, -0.2) is 26.9 Å². The zero-order valence-electron chi connectivity index (χ0n) is 14.2. The SMILES string of the molecule is CSc1c(F)c(F)c(F)c(F)c1Nc1cccc(Nc2ncc(F)c(N)n2)c1. The van der Waals surface area contributed by atoms with Gasteiger partial charge in [0.15, 0.2) is 34.9 Å². The number of thioether (sulfide) groups is 1. The standard InChI is InChI=1S/C17H12F5N5S/c1-28-15-13(22)11(20)10(19)12(21)14(15)25-7-3-2-4-8(5-7)26-17-24-6-9(18)16(23)27-17/h2-6,25H,1H3,(H3,23,24,26,27). The molecule has 0 bridgehead atoms. The number of hydrogen-bond acceptors (Lipinski definition) is 6. The highest BCUT2D eigenvalue weighted by atomic mass is 32.2. The van der Waals surface area contributed by atoms with Gasteiger partial charge in [0.25, 0.3) is 0 Å². The molecule has 0 saturated carbocycles. The number of nitrogens with two attached hydrogens (primary N) is 1. The van der Waals surface area contributed by atoms with E-state index in [9.17, 15) is 22.0 Å². The maximum absolute atomic E-state index is 14.2. The minimum atomic E-state index is -1.91. The lowest BCUT2D eigenvalue weighted by Gasteiger charge is -2.15. The first kappa shape index (κ1) is 19.7. The number of benzene rings is 2. The molecular weight excluding hydrogens is 401 g/mol. The molecule has 0 fully saturated rings. The molecule has 0 aliphatic rings.